The number of cyclic esters (lactones) is 1. The summed E-state index contributed by atoms with van der Waals surface area (Å²) in [5, 5.41) is 20.9. The van der Waals surface area contributed by atoms with Crippen molar-refractivity contribution in [1.82, 2.24) is 4.90 Å². The molecule has 0 aromatic rings. The highest BCUT2D eigenvalue weighted by molar-refractivity contribution is 5.89. The molecule has 7 heteroatoms. The lowest BCUT2D eigenvalue weighted by Crippen LogP contribution is -2.45. The molecule has 0 saturated carbocycles. The Hall–Kier alpha value is -1.70. The van der Waals surface area contributed by atoms with E-state index >= 15 is 0 Å². The van der Waals surface area contributed by atoms with E-state index in [9.17, 15) is 19.8 Å². The standard InChI is InChI=1S/C18H25NO6/c1-4-11-7-10(2)18(3,23)17(22)24-9-12-5-6-19-8-13(20)15(14(12)19)25-16(11)21/h4-5,10,13-15,20,23H,6-9H2,1-3H3/b11-4-/t10-,13+,14+,15+,18+/m0/s1. The fourth-order valence-electron chi connectivity index (χ4n) is 3.70. The molecule has 7 nitrogen and oxygen atoms in total. The van der Waals surface area contributed by atoms with Gasteiger partial charge < -0.3 is 19.7 Å². The zero-order valence-corrected chi connectivity index (χ0v) is 14.8. The average Bonchev–Trinajstić information content (AvgIpc) is 3.08. The molecule has 0 unspecified atom stereocenters. The van der Waals surface area contributed by atoms with Gasteiger partial charge in [0.2, 0.25) is 0 Å². The lowest BCUT2D eigenvalue weighted by Gasteiger charge is -2.31. The highest BCUT2D eigenvalue weighted by Crippen LogP contribution is 2.34. The van der Waals surface area contributed by atoms with Gasteiger partial charge in [0, 0.05) is 18.7 Å². The number of hydrogen-bond donors (Lipinski definition) is 2. The molecule has 2 saturated heterocycles. The van der Waals surface area contributed by atoms with Gasteiger partial charge in [-0.1, -0.05) is 19.1 Å². The molecule has 0 aliphatic carbocycles. The minimum atomic E-state index is -1.71. The summed E-state index contributed by atoms with van der Waals surface area (Å²) >= 11 is 0. The van der Waals surface area contributed by atoms with E-state index in [0.29, 0.717) is 18.7 Å². The van der Waals surface area contributed by atoms with Crippen LogP contribution < -0.4 is 0 Å². The van der Waals surface area contributed by atoms with E-state index in [2.05, 4.69) is 0 Å². The Morgan fingerprint density at radius 2 is 2.12 bits per heavy atom. The smallest absolute Gasteiger partial charge is 0.338 e. The number of carbonyl (C=O) groups is 2. The Morgan fingerprint density at radius 3 is 2.80 bits per heavy atom. The van der Waals surface area contributed by atoms with Crippen molar-refractivity contribution in [2.45, 2.75) is 51.0 Å². The van der Waals surface area contributed by atoms with Crippen LogP contribution in [0.15, 0.2) is 23.3 Å². The Bertz CT molecular complexity index is 637. The Kier molecular flexibility index (Phi) is 4.74. The summed E-state index contributed by atoms with van der Waals surface area (Å²) in [6, 6.07) is -0.299. The van der Waals surface area contributed by atoms with Gasteiger partial charge in [0.05, 0.1) is 6.04 Å². The first-order valence-corrected chi connectivity index (χ1v) is 8.62. The molecule has 0 spiro atoms. The highest BCUT2D eigenvalue weighted by atomic mass is 16.6. The largest absolute Gasteiger partial charge is 0.459 e. The SMILES string of the molecule is C/C=C1/C[C@H](C)[C@@](C)(O)C(=O)OCC2=CCN3C[C@@H](O)[C@@H](OC1=O)[C@@H]23. The maximum absolute atomic E-state index is 12.6. The fourth-order valence-corrected chi connectivity index (χ4v) is 3.70. The maximum atomic E-state index is 12.6. The van der Waals surface area contributed by atoms with Crippen molar-refractivity contribution >= 4 is 11.9 Å². The molecule has 2 fully saturated rings. The molecule has 3 rings (SSSR count). The predicted octanol–water partition coefficient (Wildman–Crippen LogP) is 0.164. The number of rotatable bonds is 0. The number of esters is 2. The van der Waals surface area contributed by atoms with Gasteiger partial charge >= 0.3 is 11.9 Å². The molecule has 3 aliphatic rings. The van der Waals surface area contributed by atoms with Crippen LogP contribution in [0.3, 0.4) is 0 Å². The fraction of sp³-hybridized carbons (Fsp3) is 0.667. The van der Waals surface area contributed by atoms with Gasteiger partial charge in [-0.3, -0.25) is 4.90 Å². The van der Waals surface area contributed by atoms with Crippen LogP contribution in [0.4, 0.5) is 0 Å². The quantitative estimate of drug-likeness (QED) is 0.365. The molecular formula is C18H25NO6. The second kappa shape index (κ2) is 6.55. The van der Waals surface area contributed by atoms with Gasteiger partial charge in [0.1, 0.15) is 18.8 Å². The molecule has 0 radical (unpaired) electrons. The van der Waals surface area contributed by atoms with E-state index < -0.39 is 35.7 Å². The van der Waals surface area contributed by atoms with E-state index in [-0.39, 0.29) is 19.1 Å². The molecule has 25 heavy (non-hydrogen) atoms. The molecule has 0 amide bonds. The van der Waals surface area contributed by atoms with E-state index in [1.54, 1.807) is 19.9 Å². The number of hydrogen-bond acceptors (Lipinski definition) is 7. The zero-order chi connectivity index (χ0) is 18.4. The van der Waals surface area contributed by atoms with Crippen molar-refractivity contribution in [3.8, 4) is 0 Å². The molecule has 2 N–H and O–H groups in total. The molecule has 0 aromatic heterocycles. The van der Waals surface area contributed by atoms with Crippen LogP contribution in [0.5, 0.6) is 0 Å². The van der Waals surface area contributed by atoms with Gasteiger partial charge in [-0.25, -0.2) is 9.59 Å². The van der Waals surface area contributed by atoms with E-state index in [0.717, 1.165) is 5.57 Å². The van der Waals surface area contributed by atoms with Crippen LogP contribution in [-0.2, 0) is 19.1 Å². The van der Waals surface area contributed by atoms with Crippen LogP contribution in [0.25, 0.3) is 0 Å². The number of ether oxygens (including phenoxy) is 2. The monoisotopic (exact) mass is 351 g/mol. The number of nitrogens with zero attached hydrogens (tertiary/aromatic N) is 1. The molecule has 5 atom stereocenters. The second-order valence-electron chi connectivity index (χ2n) is 7.26. The first kappa shape index (κ1) is 18.1. The van der Waals surface area contributed by atoms with Gasteiger partial charge in [-0.2, -0.15) is 0 Å². The van der Waals surface area contributed by atoms with Crippen LogP contribution in [0.2, 0.25) is 0 Å². The third kappa shape index (κ3) is 3.12. The molecule has 0 bridgehead atoms. The summed E-state index contributed by atoms with van der Waals surface area (Å²) in [5.74, 6) is -1.76. The minimum Gasteiger partial charge on any atom is -0.459 e. The third-order valence-corrected chi connectivity index (χ3v) is 5.60. The lowest BCUT2D eigenvalue weighted by molar-refractivity contribution is -0.169. The predicted molar refractivity (Wildman–Crippen MR) is 88.5 cm³/mol. The molecule has 3 aliphatic heterocycles. The van der Waals surface area contributed by atoms with Crippen LogP contribution >= 0.6 is 0 Å². The van der Waals surface area contributed by atoms with E-state index in [1.165, 1.54) is 6.92 Å². The van der Waals surface area contributed by atoms with Crippen molar-refractivity contribution in [2.24, 2.45) is 5.92 Å². The summed E-state index contributed by atoms with van der Waals surface area (Å²) < 4.78 is 11.0. The van der Waals surface area contributed by atoms with Crippen molar-refractivity contribution in [1.29, 1.82) is 0 Å². The summed E-state index contributed by atoms with van der Waals surface area (Å²) in [5.41, 5.74) is -0.551. The van der Waals surface area contributed by atoms with E-state index in [1.807, 2.05) is 11.0 Å². The Morgan fingerprint density at radius 1 is 1.40 bits per heavy atom. The van der Waals surface area contributed by atoms with Crippen molar-refractivity contribution in [3.63, 3.8) is 0 Å². The number of allylic oxidation sites excluding steroid dienone is 1. The van der Waals surface area contributed by atoms with Crippen LogP contribution in [-0.4, -0.2) is 70.6 Å². The van der Waals surface area contributed by atoms with Gasteiger partial charge in [-0.05, 0) is 31.8 Å². The van der Waals surface area contributed by atoms with Crippen LogP contribution in [0, 0.1) is 5.92 Å². The third-order valence-electron chi connectivity index (χ3n) is 5.60. The van der Waals surface area contributed by atoms with Crippen molar-refractivity contribution < 1.29 is 29.3 Å². The first-order valence-electron chi connectivity index (χ1n) is 8.62. The number of aliphatic hydroxyl groups is 2. The molecular weight excluding hydrogens is 326 g/mol. The minimum absolute atomic E-state index is 0.0140. The van der Waals surface area contributed by atoms with Crippen molar-refractivity contribution in [3.05, 3.63) is 23.3 Å². The normalized spacial score (nSPS) is 41.5. The lowest BCUT2D eigenvalue weighted by atomic mass is 9.85. The summed E-state index contributed by atoms with van der Waals surface area (Å²) in [4.78, 5) is 26.9. The van der Waals surface area contributed by atoms with Gasteiger partial charge in [0.15, 0.2) is 5.60 Å². The van der Waals surface area contributed by atoms with E-state index in [4.69, 9.17) is 9.47 Å². The number of carbonyl (C=O) groups excluding carboxylic acids is 2. The van der Waals surface area contributed by atoms with Crippen molar-refractivity contribution in [2.75, 3.05) is 19.7 Å². The van der Waals surface area contributed by atoms with Gasteiger partial charge in [-0.15, -0.1) is 0 Å². The maximum Gasteiger partial charge on any atom is 0.338 e. The highest BCUT2D eigenvalue weighted by Gasteiger charge is 2.49. The molecule has 138 valence electrons. The van der Waals surface area contributed by atoms with Crippen LogP contribution in [0.1, 0.15) is 27.2 Å². The average molecular weight is 351 g/mol. The Labute approximate surface area is 146 Å². The number of aliphatic hydroxyl groups excluding tert-OH is 1. The molecule has 0 aromatic carbocycles. The molecule has 3 heterocycles. The summed E-state index contributed by atoms with van der Waals surface area (Å²) in [7, 11) is 0. The first-order chi connectivity index (χ1) is 11.8. The second-order valence-corrected chi connectivity index (χ2v) is 7.26. The van der Waals surface area contributed by atoms with Gasteiger partial charge in [0.25, 0.3) is 0 Å². The summed E-state index contributed by atoms with van der Waals surface area (Å²) in [6.45, 7) is 5.82. The Balaban J connectivity index is 1.94. The zero-order valence-electron chi connectivity index (χ0n) is 14.8. The topological polar surface area (TPSA) is 96.3 Å². The summed E-state index contributed by atoms with van der Waals surface area (Å²) in [6.07, 6.45) is 2.25.